The smallest absolute Gasteiger partial charge is 0.253 e. The van der Waals surface area contributed by atoms with Crippen molar-refractivity contribution in [3.05, 3.63) is 0 Å². The third-order valence-corrected chi connectivity index (χ3v) is 1.69. The Balaban J connectivity index is 3.68. The maximum Gasteiger partial charge on any atom is 0.253 e. The molecule has 0 radical (unpaired) electrons. The zero-order chi connectivity index (χ0) is 11.0. The van der Waals surface area contributed by atoms with Gasteiger partial charge in [-0.05, 0) is 20.8 Å². The van der Waals surface area contributed by atoms with E-state index >= 15 is 0 Å². The summed E-state index contributed by atoms with van der Waals surface area (Å²) in [5, 5.41) is 2.65. The van der Waals surface area contributed by atoms with Crippen LogP contribution in [0.2, 0.25) is 0 Å². The molecule has 0 aromatic carbocycles. The summed E-state index contributed by atoms with van der Waals surface area (Å²) in [7, 11) is 0. The van der Waals surface area contributed by atoms with Crippen molar-refractivity contribution < 1.29 is 18.3 Å². The highest BCUT2D eigenvalue weighted by Gasteiger charge is 2.16. The summed E-state index contributed by atoms with van der Waals surface area (Å²) in [6.45, 7) is 6.41. The van der Waals surface area contributed by atoms with Gasteiger partial charge in [0.25, 0.3) is 6.43 Å². The van der Waals surface area contributed by atoms with E-state index in [4.69, 9.17) is 9.47 Å². The second kappa shape index (κ2) is 8.08. The molecule has 0 rings (SSSR count). The molecule has 0 saturated heterocycles. The molecule has 0 heterocycles. The van der Waals surface area contributed by atoms with Gasteiger partial charge in [-0.15, -0.1) is 0 Å². The number of hydrogen-bond donors (Lipinski definition) is 1. The summed E-state index contributed by atoms with van der Waals surface area (Å²) in [6, 6.07) is -0.835. The zero-order valence-corrected chi connectivity index (χ0v) is 8.93. The van der Waals surface area contributed by atoms with Crippen LogP contribution in [0.15, 0.2) is 0 Å². The van der Waals surface area contributed by atoms with E-state index in [1.165, 1.54) is 6.92 Å². The van der Waals surface area contributed by atoms with Gasteiger partial charge in [0, 0.05) is 19.8 Å². The van der Waals surface area contributed by atoms with Gasteiger partial charge in [-0.1, -0.05) is 0 Å². The molecule has 0 spiro atoms. The fraction of sp³-hybridized carbons (Fsp3) is 1.00. The molecular weight excluding hydrogens is 192 g/mol. The summed E-state index contributed by atoms with van der Waals surface area (Å²) < 4.78 is 34.6. The topological polar surface area (TPSA) is 30.5 Å². The molecule has 0 aliphatic heterocycles. The molecular formula is C9H19F2NO2. The van der Waals surface area contributed by atoms with Crippen LogP contribution in [0.25, 0.3) is 0 Å². The summed E-state index contributed by atoms with van der Waals surface area (Å²) in [5.41, 5.74) is 0. The van der Waals surface area contributed by atoms with Gasteiger partial charge in [-0.2, -0.15) is 0 Å². The van der Waals surface area contributed by atoms with Crippen molar-refractivity contribution in [3.8, 4) is 0 Å². The van der Waals surface area contributed by atoms with E-state index < -0.39 is 18.8 Å². The van der Waals surface area contributed by atoms with Crippen molar-refractivity contribution in [1.82, 2.24) is 5.32 Å². The van der Waals surface area contributed by atoms with Crippen molar-refractivity contribution in [2.45, 2.75) is 39.5 Å². The molecule has 0 bridgehead atoms. The van der Waals surface area contributed by atoms with Crippen LogP contribution >= 0.6 is 0 Å². The molecule has 1 unspecified atom stereocenters. The van der Waals surface area contributed by atoms with Crippen LogP contribution in [0, 0.1) is 0 Å². The van der Waals surface area contributed by atoms with Crippen LogP contribution in [0.1, 0.15) is 20.8 Å². The average Bonchev–Trinajstić information content (AvgIpc) is 2.14. The first-order valence-electron chi connectivity index (χ1n) is 4.86. The molecule has 5 heteroatoms. The fourth-order valence-electron chi connectivity index (χ4n) is 0.909. The number of alkyl halides is 2. The Morgan fingerprint density at radius 2 is 1.64 bits per heavy atom. The zero-order valence-electron chi connectivity index (χ0n) is 8.93. The predicted molar refractivity (Wildman–Crippen MR) is 50.5 cm³/mol. The SMILES string of the molecule is CCOC(CNC(C)C(F)F)OCC. The van der Waals surface area contributed by atoms with Crippen molar-refractivity contribution in [2.24, 2.45) is 0 Å². The van der Waals surface area contributed by atoms with Crippen LogP contribution in [0.5, 0.6) is 0 Å². The maximum atomic E-state index is 12.1. The Hall–Kier alpha value is -0.260. The van der Waals surface area contributed by atoms with Gasteiger partial charge in [0.15, 0.2) is 6.29 Å². The lowest BCUT2D eigenvalue weighted by Crippen LogP contribution is -2.40. The van der Waals surface area contributed by atoms with Gasteiger partial charge in [-0.3, -0.25) is 0 Å². The summed E-state index contributed by atoms with van der Waals surface area (Å²) in [5.74, 6) is 0. The second-order valence-electron chi connectivity index (χ2n) is 2.87. The molecule has 1 atom stereocenters. The lowest BCUT2D eigenvalue weighted by molar-refractivity contribution is -0.134. The Bertz CT molecular complexity index is 130. The van der Waals surface area contributed by atoms with Gasteiger partial charge in [0.2, 0.25) is 0 Å². The minimum Gasteiger partial charge on any atom is -0.352 e. The van der Waals surface area contributed by atoms with Gasteiger partial charge >= 0.3 is 0 Å². The molecule has 0 aromatic rings. The quantitative estimate of drug-likeness (QED) is 0.619. The molecule has 0 saturated carbocycles. The van der Waals surface area contributed by atoms with Gasteiger partial charge < -0.3 is 14.8 Å². The summed E-state index contributed by atoms with van der Waals surface area (Å²) in [4.78, 5) is 0. The Morgan fingerprint density at radius 1 is 1.14 bits per heavy atom. The highest BCUT2D eigenvalue weighted by Crippen LogP contribution is 2.00. The largest absolute Gasteiger partial charge is 0.352 e. The molecule has 3 nitrogen and oxygen atoms in total. The summed E-state index contributed by atoms with van der Waals surface area (Å²) in [6.07, 6.45) is -2.80. The molecule has 0 fully saturated rings. The second-order valence-corrected chi connectivity index (χ2v) is 2.87. The van der Waals surface area contributed by atoms with E-state index in [0.717, 1.165) is 0 Å². The van der Waals surface area contributed by atoms with E-state index in [-0.39, 0.29) is 6.54 Å². The molecule has 0 aliphatic carbocycles. The third-order valence-electron chi connectivity index (χ3n) is 1.69. The monoisotopic (exact) mass is 211 g/mol. The van der Waals surface area contributed by atoms with Gasteiger partial charge in [0.1, 0.15) is 0 Å². The van der Waals surface area contributed by atoms with Crippen LogP contribution < -0.4 is 5.32 Å². The van der Waals surface area contributed by atoms with Crippen molar-refractivity contribution >= 4 is 0 Å². The summed E-state index contributed by atoms with van der Waals surface area (Å²) >= 11 is 0. The minimum absolute atomic E-state index is 0.285. The van der Waals surface area contributed by atoms with E-state index in [0.29, 0.717) is 13.2 Å². The molecule has 1 N–H and O–H groups in total. The van der Waals surface area contributed by atoms with Crippen molar-refractivity contribution in [2.75, 3.05) is 19.8 Å². The lowest BCUT2D eigenvalue weighted by atomic mass is 10.3. The number of hydrogen-bond acceptors (Lipinski definition) is 3. The van der Waals surface area contributed by atoms with E-state index in [1.54, 1.807) is 0 Å². The lowest BCUT2D eigenvalue weighted by Gasteiger charge is -2.20. The van der Waals surface area contributed by atoms with E-state index in [9.17, 15) is 8.78 Å². The van der Waals surface area contributed by atoms with Crippen molar-refractivity contribution in [3.63, 3.8) is 0 Å². The van der Waals surface area contributed by atoms with Crippen LogP contribution in [0.4, 0.5) is 8.78 Å². The Kier molecular flexibility index (Phi) is 7.93. The van der Waals surface area contributed by atoms with Gasteiger partial charge in [0.05, 0.1) is 6.04 Å². The molecule has 0 amide bonds. The third kappa shape index (κ3) is 6.23. The van der Waals surface area contributed by atoms with Crippen LogP contribution in [0.3, 0.4) is 0 Å². The number of halogens is 2. The first-order valence-corrected chi connectivity index (χ1v) is 4.86. The molecule has 14 heavy (non-hydrogen) atoms. The van der Waals surface area contributed by atoms with Crippen LogP contribution in [-0.4, -0.2) is 38.5 Å². The number of nitrogens with one attached hydrogen (secondary N) is 1. The van der Waals surface area contributed by atoms with E-state index in [2.05, 4.69) is 5.32 Å². The first-order chi connectivity index (χ1) is 6.61. The number of rotatable bonds is 8. The molecule has 0 aliphatic rings. The average molecular weight is 211 g/mol. The standard InChI is InChI=1S/C9H19F2NO2/c1-4-13-8(14-5-2)6-12-7(3)9(10)11/h7-9,12H,4-6H2,1-3H3. The van der Waals surface area contributed by atoms with Crippen molar-refractivity contribution in [1.29, 1.82) is 0 Å². The Labute approximate surface area is 83.8 Å². The first kappa shape index (κ1) is 13.7. The highest BCUT2D eigenvalue weighted by atomic mass is 19.3. The normalized spacial score (nSPS) is 13.9. The highest BCUT2D eigenvalue weighted by molar-refractivity contribution is 4.63. The number of ether oxygens (including phenoxy) is 2. The predicted octanol–water partition coefficient (Wildman–Crippen LogP) is 1.63. The van der Waals surface area contributed by atoms with E-state index in [1.807, 2.05) is 13.8 Å². The van der Waals surface area contributed by atoms with Gasteiger partial charge in [-0.25, -0.2) is 8.78 Å². The fourth-order valence-corrected chi connectivity index (χ4v) is 0.909. The maximum absolute atomic E-state index is 12.1. The Morgan fingerprint density at radius 3 is 2.00 bits per heavy atom. The molecule has 0 aromatic heterocycles. The van der Waals surface area contributed by atoms with Crippen LogP contribution in [-0.2, 0) is 9.47 Å². The minimum atomic E-state index is -2.36. The molecule has 86 valence electrons.